The Morgan fingerprint density at radius 1 is 1.56 bits per heavy atom. The van der Waals surface area contributed by atoms with E-state index in [1.165, 1.54) is 12.8 Å². The highest BCUT2D eigenvalue weighted by molar-refractivity contribution is 5.97. The van der Waals surface area contributed by atoms with Crippen molar-refractivity contribution in [3.8, 4) is 0 Å². The number of benzene rings is 1. The van der Waals surface area contributed by atoms with Gasteiger partial charge < -0.3 is 16.2 Å². The molecule has 0 radical (unpaired) electrons. The van der Waals surface area contributed by atoms with Crippen molar-refractivity contribution >= 4 is 17.3 Å². The summed E-state index contributed by atoms with van der Waals surface area (Å²) >= 11 is 0. The maximum atomic E-state index is 11.0. The average molecular weight is 220 g/mol. The molecule has 1 saturated carbocycles. The summed E-state index contributed by atoms with van der Waals surface area (Å²) in [5.41, 5.74) is 7.38. The average Bonchev–Trinajstić information content (AvgIpc) is 2.95. The van der Waals surface area contributed by atoms with Crippen LogP contribution in [-0.4, -0.2) is 17.6 Å². The van der Waals surface area contributed by atoms with Crippen molar-refractivity contribution in [2.45, 2.75) is 19.8 Å². The molecule has 4 N–H and O–H groups in total. The van der Waals surface area contributed by atoms with Gasteiger partial charge in [0.05, 0.1) is 16.9 Å². The van der Waals surface area contributed by atoms with Crippen LogP contribution < -0.4 is 11.1 Å². The van der Waals surface area contributed by atoms with Crippen LogP contribution in [-0.2, 0) is 0 Å². The van der Waals surface area contributed by atoms with Gasteiger partial charge in [-0.15, -0.1) is 0 Å². The molecule has 0 unspecified atom stereocenters. The van der Waals surface area contributed by atoms with E-state index in [1.807, 2.05) is 0 Å². The lowest BCUT2D eigenvalue weighted by atomic mass is 10.1. The number of carbonyl (C=O) groups is 1. The van der Waals surface area contributed by atoms with E-state index in [0.717, 1.165) is 6.54 Å². The van der Waals surface area contributed by atoms with E-state index in [-0.39, 0.29) is 5.56 Å². The lowest BCUT2D eigenvalue weighted by Gasteiger charge is -2.15. The first-order valence-electron chi connectivity index (χ1n) is 5.37. The minimum atomic E-state index is -0.948. The number of anilines is 2. The van der Waals surface area contributed by atoms with Gasteiger partial charge in [-0.1, -0.05) is 13.0 Å². The molecular formula is C12H16N2O2. The van der Waals surface area contributed by atoms with Crippen LogP contribution in [0, 0.1) is 5.41 Å². The molecular weight excluding hydrogens is 204 g/mol. The molecule has 1 aliphatic rings. The molecule has 0 bridgehead atoms. The molecule has 1 fully saturated rings. The summed E-state index contributed by atoms with van der Waals surface area (Å²) in [4.78, 5) is 11.0. The molecule has 86 valence electrons. The zero-order valence-electron chi connectivity index (χ0n) is 9.29. The molecule has 0 spiro atoms. The van der Waals surface area contributed by atoms with E-state index >= 15 is 0 Å². The van der Waals surface area contributed by atoms with Gasteiger partial charge in [-0.25, -0.2) is 4.79 Å². The predicted octanol–water partition coefficient (Wildman–Crippen LogP) is 2.18. The van der Waals surface area contributed by atoms with E-state index in [9.17, 15) is 4.79 Å². The number of hydrogen-bond donors (Lipinski definition) is 3. The van der Waals surface area contributed by atoms with Crippen LogP contribution in [0.1, 0.15) is 30.1 Å². The van der Waals surface area contributed by atoms with Crippen molar-refractivity contribution in [3.05, 3.63) is 23.8 Å². The van der Waals surface area contributed by atoms with Crippen molar-refractivity contribution in [2.75, 3.05) is 17.6 Å². The molecule has 1 aliphatic carbocycles. The molecule has 0 atom stereocenters. The third-order valence-electron chi connectivity index (χ3n) is 3.12. The molecule has 0 aromatic heterocycles. The van der Waals surface area contributed by atoms with E-state index in [4.69, 9.17) is 10.8 Å². The molecule has 4 heteroatoms. The van der Waals surface area contributed by atoms with Gasteiger partial charge in [0.1, 0.15) is 0 Å². The Hall–Kier alpha value is -1.71. The van der Waals surface area contributed by atoms with Crippen LogP contribution in [0.3, 0.4) is 0 Å². The van der Waals surface area contributed by atoms with Gasteiger partial charge in [0.2, 0.25) is 0 Å². The van der Waals surface area contributed by atoms with Crippen molar-refractivity contribution < 1.29 is 9.90 Å². The van der Waals surface area contributed by atoms with Crippen molar-refractivity contribution in [2.24, 2.45) is 5.41 Å². The number of carboxylic acids is 1. The van der Waals surface area contributed by atoms with Crippen molar-refractivity contribution in [3.63, 3.8) is 0 Å². The summed E-state index contributed by atoms with van der Waals surface area (Å²) in [6.45, 7) is 2.96. The summed E-state index contributed by atoms with van der Waals surface area (Å²) in [5.74, 6) is -0.948. The summed E-state index contributed by atoms with van der Waals surface area (Å²) in [5, 5.41) is 12.2. The molecule has 1 aromatic rings. The second-order valence-electron chi connectivity index (χ2n) is 4.74. The van der Waals surface area contributed by atoms with Crippen LogP contribution in [0.5, 0.6) is 0 Å². The normalized spacial score (nSPS) is 16.8. The van der Waals surface area contributed by atoms with Crippen LogP contribution >= 0.6 is 0 Å². The molecule has 16 heavy (non-hydrogen) atoms. The number of rotatable bonds is 4. The smallest absolute Gasteiger partial charge is 0.337 e. The van der Waals surface area contributed by atoms with Gasteiger partial charge >= 0.3 is 5.97 Å². The van der Waals surface area contributed by atoms with Crippen LogP contribution in [0.25, 0.3) is 0 Å². The number of para-hydroxylation sites is 1. The van der Waals surface area contributed by atoms with Gasteiger partial charge in [-0.3, -0.25) is 0 Å². The maximum absolute atomic E-state index is 11.0. The minimum absolute atomic E-state index is 0.240. The fourth-order valence-corrected chi connectivity index (χ4v) is 1.64. The first-order valence-corrected chi connectivity index (χ1v) is 5.37. The largest absolute Gasteiger partial charge is 0.478 e. The highest BCUT2D eigenvalue weighted by atomic mass is 16.4. The number of hydrogen-bond acceptors (Lipinski definition) is 3. The Kier molecular flexibility index (Phi) is 2.50. The van der Waals surface area contributed by atoms with E-state index in [2.05, 4.69) is 12.2 Å². The third kappa shape index (κ3) is 2.10. The highest BCUT2D eigenvalue weighted by Crippen LogP contribution is 2.45. The van der Waals surface area contributed by atoms with Gasteiger partial charge in [0.15, 0.2) is 0 Å². The van der Waals surface area contributed by atoms with Crippen LogP contribution in [0.4, 0.5) is 11.4 Å². The topological polar surface area (TPSA) is 75.3 Å². The summed E-state index contributed by atoms with van der Waals surface area (Å²) < 4.78 is 0. The second-order valence-corrected chi connectivity index (χ2v) is 4.74. The van der Waals surface area contributed by atoms with Crippen molar-refractivity contribution in [1.82, 2.24) is 0 Å². The molecule has 1 aromatic carbocycles. The lowest BCUT2D eigenvalue weighted by Crippen LogP contribution is -2.15. The Morgan fingerprint density at radius 2 is 2.25 bits per heavy atom. The van der Waals surface area contributed by atoms with E-state index in [0.29, 0.717) is 16.8 Å². The fourth-order valence-electron chi connectivity index (χ4n) is 1.64. The second kappa shape index (κ2) is 3.70. The van der Waals surface area contributed by atoms with Crippen molar-refractivity contribution in [1.29, 1.82) is 0 Å². The Balaban J connectivity index is 2.20. The van der Waals surface area contributed by atoms with E-state index in [1.54, 1.807) is 18.2 Å². The quantitative estimate of drug-likeness (QED) is 0.680. The third-order valence-corrected chi connectivity index (χ3v) is 3.12. The molecule has 0 saturated heterocycles. The molecule has 4 nitrogen and oxygen atoms in total. The number of carboxylic acid groups (broad SMARTS) is 1. The van der Waals surface area contributed by atoms with Crippen LogP contribution in [0.15, 0.2) is 18.2 Å². The molecule has 2 rings (SSSR count). The zero-order valence-corrected chi connectivity index (χ0v) is 9.29. The Morgan fingerprint density at radius 3 is 2.81 bits per heavy atom. The number of nitrogen functional groups attached to an aromatic ring is 1. The van der Waals surface area contributed by atoms with Gasteiger partial charge in [-0.2, -0.15) is 0 Å². The highest BCUT2D eigenvalue weighted by Gasteiger charge is 2.37. The summed E-state index contributed by atoms with van der Waals surface area (Å²) in [7, 11) is 0. The SMILES string of the molecule is CC1(CNc2c(N)cccc2C(=O)O)CC1. The molecule has 0 aliphatic heterocycles. The van der Waals surface area contributed by atoms with E-state index < -0.39 is 5.97 Å². The standard InChI is InChI=1S/C12H16N2O2/c1-12(5-6-12)7-14-10-8(11(15)16)3-2-4-9(10)13/h2-4,14H,5-7,13H2,1H3,(H,15,16). The Bertz CT molecular complexity index is 425. The van der Waals surface area contributed by atoms with Crippen LogP contribution in [0.2, 0.25) is 0 Å². The zero-order chi connectivity index (χ0) is 11.8. The monoisotopic (exact) mass is 220 g/mol. The predicted molar refractivity (Wildman–Crippen MR) is 63.6 cm³/mol. The number of nitrogens with two attached hydrogens (primary N) is 1. The van der Waals surface area contributed by atoms with Gasteiger partial charge in [0.25, 0.3) is 0 Å². The van der Waals surface area contributed by atoms with Gasteiger partial charge in [-0.05, 0) is 30.4 Å². The number of aromatic carboxylic acids is 1. The maximum Gasteiger partial charge on any atom is 0.337 e. The molecule has 0 amide bonds. The summed E-state index contributed by atoms with van der Waals surface area (Å²) in [6.07, 6.45) is 2.38. The lowest BCUT2D eigenvalue weighted by molar-refractivity contribution is 0.0698. The Labute approximate surface area is 94.5 Å². The first-order chi connectivity index (χ1) is 7.52. The summed E-state index contributed by atoms with van der Waals surface area (Å²) in [6, 6.07) is 4.93. The first kappa shape index (κ1) is 10.8. The van der Waals surface area contributed by atoms with Gasteiger partial charge in [0, 0.05) is 6.54 Å². The fraction of sp³-hybridized carbons (Fsp3) is 0.417. The molecule has 0 heterocycles. The number of nitrogens with one attached hydrogen (secondary N) is 1. The minimum Gasteiger partial charge on any atom is -0.478 e.